The molecule has 0 aromatic carbocycles. The van der Waals surface area contributed by atoms with Gasteiger partial charge in [-0.05, 0) is 52.1 Å². The molecule has 0 aromatic heterocycles. The number of rotatable bonds is 48. The van der Waals surface area contributed by atoms with Crippen LogP contribution in [0.2, 0.25) is 0 Å². The Morgan fingerprint density at radius 3 is 1.39 bits per heavy atom. The molecule has 1 fully saturated rings. The number of likely N-dealkylation sites (N-methyl/N-ethyl adjacent to an activating group) is 1. The van der Waals surface area contributed by atoms with E-state index in [9.17, 15) is 19.2 Å². The molecule has 0 amide bonds. The normalized spacial score (nSPS) is 14.3. The van der Waals surface area contributed by atoms with Gasteiger partial charge in [0.05, 0.1) is 31.3 Å². The predicted octanol–water partition coefficient (Wildman–Crippen LogP) is 11.3. The molecule has 0 saturated carbocycles. The second-order valence-electron chi connectivity index (χ2n) is 19.3. The van der Waals surface area contributed by atoms with Gasteiger partial charge in [-0.3, -0.25) is 19.2 Å². The van der Waals surface area contributed by atoms with E-state index in [0.29, 0.717) is 26.3 Å². The number of unbranched alkanes of at least 4 members (excludes halogenated alkanes) is 22. The average molecular weight is 970 g/mol. The van der Waals surface area contributed by atoms with Crippen molar-refractivity contribution in [2.75, 3.05) is 111 Å². The van der Waals surface area contributed by atoms with Gasteiger partial charge in [-0.1, -0.05) is 162 Å². The van der Waals surface area contributed by atoms with E-state index < -0.39 is 0 Å². The van der Waals surface area contributed by atoms with E-state index in [-0.39, 0.29) is 75.0 Å². The highest BCUT2D eigenvalue weighted by molar-refractivity contribution is 7.99. The Balaban J connectivity index is 2.22. The Labute approximate surface area is 415 Å². The molecule has 0 bridgehead atoms. The number of esters is 4. The van der Waals surface area contributed by atoms with E-state index >= 15 is 0 Å². The zero-order valence-electron chi connectivity index (χ0n) is 44.0. The molecular weight excluding hydrogens is 867 g/mol. The monoisotopic (exact) mass is 970 g/mol. The summed E-state index contributed by atoms with van der Waals surface area (Å²) in [5, 5.41) is 0. The topological polar surface area (TPSA) is 124 Å². The van der Waals surface area contributed by atoms with Crippen LogP contribution in [0.1, 0.15) is 201 Å². The summed E-state index contributed by atoms with van der Waals surface area (Å²) in [6.45, 7) is 16.0. The number of hydrogen-bond acceptors (Lipinski definition) is 13. The Morgan fingerprint density at radius 2 is 0.910 bits per heavy atom. The molecule has 0 radical (unpaired) electrons. The minimum atomic E-state index is -0.384. The lowest BCUT2D eigenvalue weighted by Gasteiger charge is -2.33. The number of carbonyl (C=O) groups is 4. The van der Waals surface area contributed by atoms with Gasteiger partial charge in [0.15, 0.2) is 0 Å². The third-order valence-corrected chi connectivity index (χ3v) is 14.1. The maximum Gasteiger partial charge on any atom is 0.311 e. The fourth-order valence-corrected chi connectivity index (χ4v) is 9.26. The van der Waals surface area contributed by atoms with Gasteiger partial charge < -0.3 is 38.4 Å². The molecule has 2 unspecified atom stereocenters. The molecule has 12 nitrogen and oxygen atoms in total. The highest BCUT2D eigenvalue weighted by Crippen LogP contribution is 2.16. The van der Waals surface area contributed by atoms with Crippen molar-refractivity contribution < 1.29 is 42.9 Å². The summed E-state index contributed by atoms with van der Waals surface area (Å²) in [7, 11) is 2.14. The van der Waals surface area contributed by atoms with Gasteiger partial charge >= 0.3 is 23.9 Å². The molecule has 1 aliphatic rings. The lowest BCUT2D eigenvalue weighted by Crippen LogP contribution is -2.45. The fraction of sp³-hybridized carbons (Fsp3) is 0.926. The number of piperazine rings is 1. The van der Waals surface area contributed by atoms with Crippen molar-refractivity contribution in [3.8, 4) is 0 Å². The minimum absolute atomic E-state index is 0.000919. The van der Waals surface area contributed by atoms with Crippen LogP contribution in [-0.4, -0.2) is 149 Å². The zero-order valence-corrected chi connectivity index (χ0v) is 44.8. The van der Waals surface area contributed by atoms with Crippen molar-refractivity contribution in [1.29, 1.82) is 0 Å². The second-order valence-corrected chi connectivity index (χ2v) is 20.5. The highest BCUT2D eigenvalue weighted by atomic mass is 32.2. The van der Waals surface area contributed by atoms with Crippen LogP contribution < -0.4 is 0 Å². The van der Waals surface area contributed by atoms with Gasteiger partial charge in [0.2, 0.25) is 0 Å². The molecule has 1 rings (SSSR count). The molecule has 13 heteroatoms. The third-order valence-electron chi connectivity index (χ3n) is 12.8. The van der Waals surface area contributed by atoms with E-state index in [0.717, 1.165) is 70.0 Å². The van der Waals surface area contributed by atoms with E-state index in [1.807, 2.05) is 18.7 Å². The predicted molar refractivity (Wildman–Crippen MR) is 277 cm³/mol. The third kappa shape index (κ3) is 40.5. The van der Waals surface area contributed by atoms with Crippen molar-refractivity contribution in [2.24, 2.45) is 11.8 Å². The molecular formula is C54H103N3O9S. The van der Waals surface area contributed by atoms with Crippen LogP contribution in [0.15, 0.2) is 0 Å². The second kappa shape index (κ2) is 46.5. The zero-order chi connectivity index (χ0) is 48.8. The molecule has 1 aliphatic heterocycles. The summed E-state index contributed by atoms with van der Waals surface area (Å²) in [6, 6.07) is 0. The molecule has 2 atom stereocenters. The van der Waals surface area contributed by atoms with Crippen molar-refractivity contribution in [2.45, 2.75) is 201 Å². The van der Waals surface area contributed by atoms with Gasteiger partial charge in [0.25, 0.3) is 0 Å². The summed E-state index contributed by atoms with van der Waals surface area (Å²) >= 11 is 1.81. The average Bonchev–Trinajstić information content (AvgIpc) is 3.32. The molecule has 0 aromatic rings. The first-order valence-corrected chi connectivity index (χ1v) is 28.7. The van der Waals surface area contributed by atoms with Crippen LogP contribution in [0.25, 0.3) is 0 Å². The van der Waals surface area contributed by atoms with Gasteiger partial charge in [-0.2, -0.15) is 11.8 Å². The van der Waals surface area contributed by atoms with E-state index in [2.05, 4.69) is 35.6 Å². The maximum absolute atomic E-state index is 12.7. The van der Waals surface area contributed by atoms with Gasteiger partial charge in [-0.15, -0.1) is 0 Å². The summed E-state index contributed by atoms with van der Waals surface area (Å²) in [5.74, 6) is -0.137. The van der Waals surface area contributed by atoms with Crippen molar-refractivity contribution >= 4 is 35.6 Å². The van der Waals surface area contributed by atoms with Crippen LogP contribution in [0.4, 0.5) is 0 Å². The smallest absolute Gasteiger partial charge is 0.311 e. The molecule has 67 heavy (non-hydrogen) atoms. The largest absolute Gasteiger partial charge is 0.462 e. The van der Waals surface area contributed by atoms with Crippen LogP contribution in [0, 0.1) is 11.8 Å². The molecule has 1 heterocycles. The first kappa shape index (κ1) is 63.1. The quantitative estimate of drug-likeness (QED) is 0.0327. The first-order valence-electron chi connectivity index (χ1n) is 27.6. The number of nitrogens with zero attached hydrogens (tertiary/aromatic N) is 3. The number of thioether (sulfide) groups is 1. The summed E-state index contributed by atoms with van der Waals surface area (Å²) < 4.78 is 27.3. The van der Waals surface area contributed by atoms with Crippen LogP contribution in [0.3, 0.4) is 0 Å². The minimum Gasteiger partial charge on any atom is -0.462 e. The first-order chi connectivity index (χ1) is 32.7. The van der Waals surface area contributed by atoms with Crippen LogP contribution >= 0.6 is 11.8 Å². The Kier molecular flexibility index (Phi) is 43.7. The molecule has 0 spiro atoms. The molecule has 0 N–H and O–H groups in total. The number of carbonyl (C=O) groups excluding carboxylic acids is 4. The van der Waals surface area contributed by atoms with Crippen LogP contribution in [-0.2, 0) is 42.9 Å². The lowest BCUT2D eigenvalue weighted by atomic mass is 10.1. The summed E-state index contributed by atoms with van der Waals surface area (Å²) in [5.41, 5.74) is 0. The van der Waals surface area contributed by atoms with Crippen LogP contribution in [0.5, 0.6) is 0 Å². The van der Waals surface area contributed by atoms with E-state index in [1.54, 1.807) is 6.92 Å². The van der Waals surface area contributed by atoms with Crippen molar-refractivity contribution in [3.05, 3.63) is 0 Å². The SMILES string of the molecule is CCCCCCCCCCCCCCOCC(C)C(=O)OCCOC(=O)CCN(CCCN1CCN(C)CC1)CCC(=O)OCCOC(=O)C(C)CSCCCCCCCCCCCCCC. The number of ether oxygens (including phenoxy) is 5. The Bertz CT molecular complexity index is 1100. The van der Waals surface area contributed by atoms with E-state index in [1.165, 1.54) is 141 Å². The van der Waals surface area contributed by atoms with E-state index in [4.69, 9.17) is 23.7 Å². The van der Waals surface area contributed by atoms with Crippen molar-refractivity contribution in [1.82, 2.24) is 14.7 Å². The van der Waals surface area contributed by atoms with Gasteiger partial charge in [0.1, 0.15) is 26.4 Å². The molecule has 0 aliphatic carbocycles. The fourth-order valence-electron chi connectivity index (χ4n) is 8.19. The molecule has 1 saturated heterocycles. The summed E-state index contributed by atoms with van der Waals surface area (Å²) in [4.78, 5) is 57.2. The van der Waals surface area contributed by atoms with Gasteiger partial charge in [0, 0.05) is 51.6 Å². The summed E-state index contributed by atoms with van der Waals surface area (Å²) in [6.07, 6.45) is 32.8. The lowest BCUT2D eigenvalue weighted by molar-refractivity contribution is -0.156. The van der Waals surface area contributed by atoms with Crippen molar-refractivity contribution in [3.63, 3.8) is 0 Å². The number of hydrogen-bond donors (Lipinski definition) is 0. The maximum atomic E-state index is 12.7. The Hall–Kier alpha value is -1.93. The molecule has 394 valence electrons. The standard InChI is InChI=1S/C54H103N3O9S/c1-6-8-10-12-14-16-18-20-22-24-26-28-41-62-47-49(3)53(60)65-44-42-63-51(58)31-35-56(33-30-34-57-39-37-55(5)38-40-57)36-32-52(59)64-43-45-66-54(61)50(4)48-67-46-29-27-25-23-21-19-17-15-13-11-9-7-2/h49-50H,6-48H2,1-5H3. The Morgan fingerprint density at radius 1 is 0.493 bits per heavy atom. The van der Waals surface area contributed by atoms with Gasteiger partial charge in [-0.25, -0.2) is 0 Å². The highest BCUT2D eigenvalue weighted by Gasteiger charge is 2.18.